The monoisotopic (exact) mass is 420 g/mol. The van der Waals surface area contributed by atoms with Crippen molar-refractivity contribution in [2.45, 2.75) is 39.5 Å². The van der Waals surface area contributed by atoms with Crippen LogP contribution in [0.3, 0.4) is 0 Å². The van der Waals surface area contributed by atoms with Crippen LogP contribution in [0.2, 0.25) is 0 Å². The highest BCUT2D eigenvalue weighted by atomic mass is 16.5. The highest BCUT2D eigenvalue weighted by Crippen LogP contribution is 2.16. The number of unbranched alkanes of at least 4 members (excludes halogenated alkanes) is 3. The normalized spacial score (nSPS) is 10.8. The van der Waals surface area contributed by atoms with E-state index in [1.165, 1.54) is 6.08 Å². The van der Waals surface area contributed by atoms with E-state index in [-0.39, 0.29) is 11.5 Å². The minimum absolute atomic E-state index is 0.0280. The Labute approximate surface area is 183 Å². The fourth-order valence-corrected chi connectivity index (χ4v) is 2.81. The summed E-state index contributed by atoms with van der Waals surface area (Å²) < 4.78 is 10.6. The lowest BCUT2D eigenvalue weighted by Crippen LogP contribution is -2.13. The van der Waals surface area contributed by atoms with Gasteiger partial charge < -0.3 is 14.8 Å². The van der Waals surface area contributed by atoms with Gasteiger partial charge in [0.25, 0.3) is 5.91 Å². The number of nitrogens with zero attached hydrogens (tertiary/aromatic N) is 1. The largest absolute Gasteiger partial charge is 0.494 e. The second-order valence-electron chi connectivity index (χ2n) is 6.90. The van der Waals surface area contributed by atoms with Crippen LogP contribution < -0.4 is 10.1 Å². The summed E-state index contributed by atoms with van der Waals surface area (Å²) in [5.74, 6) is -0.188. The van der Waals surface area contributed by atoms with Crippen molar-refractivity contribution in [1.29, 1.82) is 5.26 Å². The molecular weight excluding hydrogens is 392 g/mol. The molecule has 162 valence electrons. The molecule has 0 spiro atoms. The zero-order chi connectivity index (χ0) is 22.5. The van der Waals surface area contributed by atoms with Crippen molar-refractivity contribution in [3.63, 3.8) is 0 Å². The molecule has 1 amide bonds. The third-order valence-electron chi connectivity index (χ3n) is 4.48. The number of nitriles is 1. The first-order valence-electron chi connectivity index (χ1n) is 10.5. The van der Waals surface area contributed by atoms with Crippen LogP contribution in [0, 0.1) is 11.3 Å². The second kappa shape index (κ2) is 12.9. The van der Waals surface area contributed by atoms with Crippen LogP contribution in [0.4, 0.5) is 5.69 Å². The highest BCUT2D eigenvalue weighted by Gasteiger charge is 2.11. The van der Waals surface area contributed by atoms with E-state index in [9.17, 15) is 14.9 Å². The molecule has 1 N–H and O–H groups in total. The number of carbonyl (C=O) groups excluding carboxylic acids is 2. The van der Waals surface area contributed by atoms with Crippen molar-refractivity contribution in [1.82, 2.24) is 0 Å². The first-order valence-corrected chi connectivity index (χ1v) is 10.5. The van der Waals surface area contributed by atoms with Gasteiger partial charge in [-0.25, -0.2) is 4.79 Å². The Hall–Kier alpha value is -3.59. The molecule has 0 heterocycles. The summed E-state index contributed by atoms with van der Waals surface area (Å²) in [4.78, 5) is 24.5. The number of benzene rings is 2. The average molecular weight is 421 g/mol. The third-order valence-corrected chi connectivity index (χ3v) is 4.48. The number of carbonyl (C=O) groups is 2. The number of nitrogens with one attached hydrogen (secondary N) is 1. The number of amides is 1. The summed E-state index contributed by atoms with van der Waals surface area (Å²) in [6.45, 7) is 4.99. The van der Waals surface area contributed by atoms with Gasteiger partial charge in [0.15, 0.2) is 0 Å². The molecule has 0 aliphatic rings. The lowest BCUT2D eigenvalue weighted by Gasteiger charge is -2.07. The summed E-state index contributed by atoms with van der Waals surface area (Å²) >= 11 is 0. The molecule has 0 saturated carbocycles. The molecule has 0 unspecified atom stereocenters. The Balaban J connectivity index is 1.94. The van der Waals surface area contributed by atoms with Crippen molar-refractivity contribution in [2.24, 2.45) is 0 Å². The zero-order valence-electron chi connectivity index (χ0n) is 18.0. The minimum Gasteiger partial charge on any atom is -0.494 e. The maximum atomic E-state index is 12.4. The number of hydrogen-bond acceptors (Lipinski definition) is 5. The molecule has 6 heteroatoms. The highest BCUT2D eigenvalue weighted by molar-refractivity contribution is 6.09. The SMILES string of the molecule is CCCCCCOC(=O)c1ccc(NC(=O)/C(C#N)=C/c2ccc(OCC)cc2)cc1. The van der Waals surface area contributed by atoms with Gasteiger partial charge in [-0.3, -0.25) is 4.79 Å². The maximum absolute atomic E-state index is 12.4. The molecule has 2 aromatic carbocycles. The third kappa shape index (κ3) is 7.98. The Kier molecular flexibility index (Phi) is 9.83. The van der Waals surface area contributed by atoms with Crippen molar-refractivity contribution in [3.05, 3.63) is 65.2 Å². The van der Waals surface area contributed by atoms with Gasteiger partial charge >= 0.3 is 5.97 Å². The van der Waals surface area contributed by atoms with E-state index in [0.717, 1.165) is 31.4 Å². The van der Waals surface area contributed by atoms with E-state index in [4.69, 9.17) is 9.47 Å². The molecule has 6 nitrogen and oxygen atoms in total. The fourth-order valence-electron chi connectivity index (χ4n) is 2.81. The predicted molar refractivity (Wildman–Crippen MR) is 121 cm³/mol. The van der Waals surface area contributed by atoms with Crippen LogP contribution in [0.1, 0.15) is 55.5 Å². The van der Waals surface area contributed by atoms with Gasteiger partial charge in [0.2, 0.25) is 0 Å². The standard InChI is InChI=1S/C25H28N2O4/c1-3-5-6-7-16-31-25(29)20-10-12-22(13-11-20)27-24(28)21(18-26)17-19-8-14-23(15-9-19)30-4-2/h8-15,17H,3-7,16H2,1-2H3,(H,27,28)/b21-17+. The maximum Gasteiger partial charge on any atom is 0.338 e. The molecule has 2 rings (SSSR count). The number of ether oxygens (including phenoxy) is 2. The van der Waals surface area contributed by atoms with E-state index in [2.05, 4.69) is 12.2 Å². The predicted octanol–water partition coefficient (Wildman–Crippen LogP) is 5.37. The van der Waals surface area contributed by atoms with Gasteiger partial charge in [0.05, 0.1) is 18.8 Å². The number of rotatable bonds is 11. The molecule has 2 aromatic rings. The van der Waals surface area contributed by atoms with Crippen LogP contribution in [-0.2, 0) is 9.53 Å². The molecule has 0 saturated heterocycles. The molecule has 0 fully saturated rings. The van der Waals surface area contributed by atoms with Gasteiger partial charge in [-0.05, 0) is 61.4 Å². The van der Waals surface area contributed by atoms with Gasteiger partial charge in [0.1, 0.15) is 17.4 Å². The van der Waals surface area contributed by atoms with Crippen LogP contribution in [0.25, 0.3) is 6.08 Å². The van der Waals surface area contributed by atoms with E-state index in [0.29, 0.717) is 30.0 Å². The topological polar surface area (TPSA) is 88.4 Å². The Bertz CT molecular complexity index is 925. The summed E-state index contributed by atoms with van der Waals surface area (Å²) in [6.07, 6.45) is 5.66. The van der Waals surface area contributed by atoms with Crippen LogP contribution in [-0.4, -0.2) is 25.1 Å². The zero-order valence-corrected chi connectivity index (χ0v) is 18.0. The van der Waals surface area contributed by atoms with Gasteiger partial charge in [-0.2, -0.15) is 5.26 Å². The van der Waals surface area contributed by atoms with Gasteiger partial charge in [0, 0.05) is 5.69 Å². The Morgan fingerprint density at radius 1 is 1.00 bits per heavy atom. The lowest BCUT2D eigenvalue weighted by molar-refractivity contribution is -0.112. The van der Waals surface area contributed by atoms with Crippen molar-refractivity contribution in [2.75, 3.05) is 18.5 Å². The number of anilines is 1. The summed E-state index contributed by atoms with van der Waals surface area (Å²) in [5.41, 5.74) is 1.59. The van der Waals surface area contributed by atoms with Crippen molar-refractivity contribution >= 4 is 23.6 Å². The molecule has 0 aromatic heterocycles. The van der Waals surface area contributed by atoms with Crippen molar-refractivity contribution < 1.29 is 19.1 Å². The smallest absolute Gasteiger partial charge is 0.338 e. The quantitative estimate of drug-likeness (QED) is 0.229. The summed E-state index contributed by atoms with van der Waals surface area (Å²) in [7, 11) is 0. The molecule has 0 radical (unpaired) electrons. The molecule has 0 bridgehead atoms. The lowest BCUT2D eigenvalue weighted by atomic mass is 10.1. The Morgan fingerprint density at radius 2 is 1.71 bits per heavy atom. The van der Waals surface area contributed by atoms with E-state index in [1.54, 1.807) is 48.5 Å². The van der Waals surface area contributed by atoms with Gasteiger partial charge in [-0.1, -0.05) is 38.3 Å². The summed E-state index contributed by atoms with van der Waals surface area (Å²) in [6, 6.07) is 15.4. The number of hydrogen-bond donors (Lipinski definition) is 1. The van der Waals surface area contributed by atoms with Crippen LogP contribution in [0.15, 0.2) is 54.1 Å². The van der Waals surface area contributed by atoms with Crippen LogP contribution >= 0.6 is 0 Å². The average Bonchev–Trinajstić information content (AvgIpc) is 2.79. The molecule has 31 heavy (non-hydrogen) atoms. The fraction of sp³-hybridized carbons (Fsp3) is 0.320. The Morgan fingerprint density at radius 3 is 2.32 bits per heavy atom. The molecule has 0 aliphatic heterocycles. The van der Waals surface area contributed by atoms with E-state index >= 15 is 0 Å². The van der Waals surface area contributed by atoms with E-state index < -0.39 is 5.91 Å². The van der Waals surface area contributed by atoms with Crippen molar-refractivity contribution in [3.8, 4) is 11.8 Å². The molecular formula is C25H28N2O4. The molecule has 0 atom stereocenters. The number of esters is 1. The second-order valence-corrected chi connectivity index (χ2v) is 6.90. The first-order chi connectivity index (χ1) is 15.1. The van der Waals surface area contributed by atoms with E-state index in [1.807, 2.05) is 13.0 Å². The summed E-state index contributed by atoms with van der Waals surface area (Å²) in [5, 5.41) is 12.0. The molecule has 0 aliphatic carbocycles. The van der Waals surface area contributed by atoms with Crippen LogP contribution in [0.5, 0.6) is 5.75 Å². The first kappa shape index (κ1) is 23.7. The van der Waals surface area contributed by atoms with Gasteiger partial charge in [-0.15, -0.1) is 0 Å². The minimum atomic E-state index is -0.525.